The Balaban J connectivity index is 2.05. The lowest BCUT2D eigenvalue weighted by molar-refractivity contribution is -0.119. The van der Waals surface area contributed by atoms with Gasteiger partial charge in [-0.1, -0.05) is 24.9 Å². The summed E-state index contributed by atoms with van der Waals surface area (Å²) < 4.78 is 5.24. The van der Waals surface area contributed by atoms with E-state index in [0.717, 1.165) is 25.8 Å². The molecule has 4 nitrogen and oxygen atoms in total. The van der Waals surface area contributed by atoms with Crippen LogP contribution in [0.2, 0.25) is 5.02 Å². The number of halogens is 1. The van der Waals surface area contributed by atoms with Crippen LogP contribution in [0.3, 0.4) is 0 Å². The molecule has 1 aromatic carbocycles. The number of hydrogen-bond donors (Lipinski definition) is 2. The summed E-state index contributed by atoms with van der Waals surface area (Å²) in [5, 5.41) is 6.75. The first-order valence-electron chi connectivity index (χ1n) is 7.01. The minimum Gasteiger partial charge on any atom is -0.495 e. The summed E-state index contributed by atoms with van der Waals surface area (Å²) in [6.45, 7) is 3.06. The molecule has 1 aliphatic heterocycles. The summed E-state index contributed by atoms with van der Waals surface area (Å²) in [7, 11) is 1.57. The lowest BCUT2D eigenvalue weighted by Crippen LogP contribution is -2.46. The summed E-state index contributed by atoms with van der Waals surface area (Å²) in [5.74, 6) is 1.21. The zero-order valence-corrected chi connectivity index (χ0v) is 12.7. The van der Waals surface area contributed by atoms with E-state index in [9.17, 15) is 4.79 Å². The standard InChI is InChI=1S/C15H21ClN2O2/c1-3-10-6-7-17-13(8-10)15(19)18-12-9-11(16)4-5-14(12)20-2/h4-5,9-10,13,17H,3,6-8H2,1-2H3,(H,18,19). The van der Waals surface area contributed by atoms with Gasteiger partial charge in [0.2, 0.25) is 5.91 Å². The summed E-state index contributed by atoms with van der Waals surface area (Å²) in [5.41, 5.74) is 0.616. The molecule has 0 aliphatic carbocycles. The Morgan fingerprint density at radius 3 is 3.05 bits per heavy atom. The van der Waals surface area contributed by atoms with Crippen molar-refractivity contribution < 1.29 is 9.53 Å². The van der Waals surface area contributed by atoms with Gasteiger partial charge in [0.25, 0.3) is 0 Å². The Morgan fingerprint density at radius 1 is 1.55 bits per heavy atom. The highest BCUT2D eigenvalue weighted by Crippen LogP contribution is 2.28. The van der Waals surface area contributed by atoms with E-state index in [1.165, 1.54) is 0 Å². The summed E-state index contributed by atoms with van der Waals surface area (Å²) in [6.07, 6.45) is 3.14. The van der Waals surface area contributed by atoms with Crippen molar-refractivity contribution in [2.24, 2.45) is 5.92 Å². The maximum Gasteiger partial charge on any atom is 0.241 e. The Kier molecular flexibility index (Phi) is 5.26. The summed E-state index contributed by atoms with van der Waals surface area (Å²) >= 11 is 5.97. The third-order valence-corrected chi connectivity index (χ3v) is 4.06. The molecule has 1 aromatic rings. The quantitative estimate of drug-likeness (QED) is 0.898. The molecule has 110 valence electrons. The number of methoxy groups -OCH3 is 1. The minimum absolute atomic E-state index is 0.0243. The maximum atomic E-state index is 12.3. The van der Waals surface area contributed by atoms with Crippen LogP contribution in [-0.2, 0) is 4.79 Å². The molecule has 0 bridgehead atoms. The number of piperidine rings is 1. The summed E-state index contributed by atoms with van der Waals surface area (Å²) in [6, 6.07) is 5.05. The smallest absolute Gasteiger partial charge is 0.241 e. The van der Waals surface area contributed by atoms with E-state index in [4.69, 9.17) is 16.3 Å². The van der Waals surface area contributed by atoms with Crippen LogP contribution in [0.4, 0.5) is 5.69 Å². The van der Waals surface area contributed by atoms with Gasteiger partial charge in [-0.15, -0.1) is 0 Å². The van der Waals surface area contributed by atoms with Gasteiger partial charge in [-0.2, -0.15) is 0 Å². The van der Waals surface area contributed by atoms with Gasteiger partial charge in [0.05, 0.1) is 18.8 Å². The molecule has 0 aromatic heterocycles. The van der Waals surface area contributed by atoms with Crippen LogP contribution in [0.25, 0.3) is 0 Å². The number of anilines is 1. The lowest BCUT2D eigenvalue weighted by Gasteiger charge is -2.29. The number of carbonyl (C=O) groups excluding carboxylic acids is 1. The van der Waals surface area contributed by atoms with Gasteiger partial charge in [-0.3, -0.25) is 4.79 Å². The molecule has 2 atom stereocenters. The molecule has 2 N–H and O–H groups in total. The van der Waals surface area contributed by atoms with Crippen molar-refractivity contribution in [2.75, 3.05) is 19.0 Å². The predicted octanol–water partition coefficient (Wildman–Crippen LogP) is 3.07. The highest BCUT2D eigenvalue weighted by molar-refractivity contribution is 6.31. The number of rotatable bonds is 4. The molecule has 1 aliphatic rings. The lowest BCUT2D eigenvalue weighted by atomic mass is 9.90. The van der Waals surface area contributed by atoms with Gasteiger partial charge in [-0.05, 0) is 43.5 Å². The van der Waals surface area contributed by atoms with Crippen LogP contribution in [0.1, 0.15) is 26.2 Å². The fraction of sp³-hybridized carbons (Fsp3) is 0.533. The molecule has 1 saturated heterocycles. The van der Waals surface area contributed by atoms with Crippen molar-refractivity contribution in [3.05, 3.63) is 23.2 Å². The van der Waals surface area contributed by atoms with Crippen molar-refractivity contribution in [1.29, 1.82) is 0 Å². The third-order valence-electron chi connectivity index (χ3n) is 3.83. The molecule has 0 saturated carbocycles. The fourth-order valence-corrected chi connectivity index (χ4v) is 2.74. The predicted molar refractivity (Wildman–Crippen MR) is 81.4 cm³/mol. The van der Waals surface area contributed by atoms with Crippen molar-refractivity contribution in [3.8, 4) is 5.75 Å². The van der Waals surface area contributed by atoms with E-state index >= 15 is 0 Å². The Morgan fingerprint density at radius 2 is 2.35 bits per heavy atom. The molecule has 1 fully saturated rings. The fourth-order valence-electron chi connectivity index (χ4n) is 2.56. The van der Waals surface area contributed by atoms with Gasteiger partial charge in [0.15, 0.2) is 0 Å². The van der Waals surface area contributed by atoms with Gasteiger partial charge in [-0.25, -0.2) is 0 Å². The largest absolute Gasteiger partial charge is 0.495 e. The van der Waals surface area contributed by atoms with Crippen LogP contribution in [-0.4, -0.2) is 25.6 Å². The number of amides is 1. The first-order valence-corrected chi connectivity index (χ1v) is 7.39. The average Bonchev–Trinajstić information content (AvgIpc) is 2.47. The van der Waals surface area contributed by atoms with Gasteiger partial charge in [0, 0.05) is 5.02 Å². The van der Waals surface area contributed by atoms with Crippen molar-refractivity contribution in [1.82, 2.24) is 5.32 Å². The molecule has 0 spiro atoms. The molecule has 5 heteroatoms. The highest BCUT2D eigenvalue weighted by Gasteiger charge is 2.26. The Bertz CT molecular complexity index is 479. The molecular weight excluding hydrogens is 276 g/mol. The zero-order chi connectivity index (χ0) is 14.5. The first kappa shape index (κ1) is 15.1. The number of carbonyl (C=O) groups is 1. The Labute approximate surface area is 124 Å². The SMILES string of the molecule is CCC1CCNC(C(=O)Nc2cc(Cl)ccc2OC)C1. The molecule has 2 unspecified atom stereocenters. The number of ether oxygens (including phenoxy) is 1. The number of nitrogens with one attached hydrogen (secondary N) is 2. The van der Waals surface area contributed by atoms with Crippen molar-refractivity contribution >= 4 is 23.2 Å². The van der Waals surface area contributed by atoms with Crippen molar-refractivity contribution in [3.63, 3.8) is 0 Å². The summed E-state index contributed by atoms with van der Waals surface area (Å²) in [4.78, 5) is 12.3. The minimum atomic E-state index is -0.141. The van der Waals surface area contributed by atoms with Crippen LogP contribution in [0, 0.1) is 5.92 Å². The monoisotopic (exact) mass is 296 g/mol. The van der Waals surface area contributed by atoms with Crippen LogP contribution >= 0.6 is 11.6 Å². The topological polar surface area (TPSA) is 50.4 Å². The third kappa shape index (κ3) is 3.64. The average molecular weight is 297 g/mol. The molecule has 1 amide bonds. The van der Waals surface area contributed by atoms with Crippen molar-refractivity contribution in [2.45, 2.75) is 32.2 Å². The second-order valence-corrected chi connectivity index (χ2v) is 5.58. The second kappa shape index (κ2) is 6.95. The second-order valence-electron chi connectivity index (χ2n) is 5.14. The van der Waals surface area contributed by atoms with Gasteiger partial charge < -0.3 is 15.4 Å². The van der Waals surface area contributed by atoms with Gasteiger partial charge in [0.1, 0.15) is 5.75 Å². The van der Waals surface area contributed by atoms with E-state index in [1.54, 1.807) is 25.3 Å². The highest BCUT2D eigenvalue weighted by atomic mass is 35.5. The normalized spacial score (nSPS) is 22.4. The van der Waals surface area contributed by atoms with E-state index < -0.39 is 0 Å². The molecule has 1 heterocycles. The van der Waals surface area contributed by atoms with E-state index in [0.29, 0.717) is 22.4 Å². The molecule has 2 rings (SSSR count). The number of benzene rings is 1. The van der Waals surface area contributed by atoms with Crippen LogP contribution in [0.5, 0.6) is 5.75 Å². The van der Waals surface area contributed by atoms with Gasteiger partial charge >= 0.3 is 0 Å². The Hall–Kier alpha value is -1.26. The van der Waals surface area contributed by atoms with E-state index in [-0.39, 0.29) is 11.9 Å². The molecule has 0 radical (unpaired) electrons. The molecule has 20 heavy (non-hydrogen) atoms. The number of hydrogen-bond acceptors (Lipinski definition) is 3. The van der Waals surface area contributed by atoms with E-state index in [2.05, 4.69) is 17.6 Å². The van der Waals surface area contributed by atoms with Crippen LogP contribution in [0.15, 0.2) is 18.2 Å². The van der Waals surface area contributed by atoms with Crippen LogP contribution < -0.4 is 15.4 Å². The maximum absolute atomic E-state index is 12.3. The van der Waals surface area contributed by atoms with E-state index in [1.807, 2.05) is 0 Å². The molecular formula is C15H21ClN2O2. The first-order chi connectivity index (χ1) is 9.63. The zero-order valence-electron chi connectivity index (χ0n) is 11.9.